The van der Waals surface area contributed by atoms with E-state index in [2.05, 4.69) is 20.3 Å². The highest BCUT2D eigenvalue weighted by atomic mass is 32.2. The van der Waals surface area contributed by atoms with Gasteiger partial charge in [-0.2, -0.15) is 4.31 Å². The Balaban J connectivity index is 1.28. The lowest BCUT2D eigenvalue weighted by Gasteiger charge is -2.32. The van der Waals surface area contributed by atoms with Crippen LogP contribution in [0.25, 0.3) is 22.2 Å². The van der Waals surface area contributed by atoms with Gasteiger partial charge in [0.2, 0.25) is 10.0 Å². The van der Waals surface area contributed by atoms with Gasteiger partial charge in [-0.1, -0.05) is 18.2 Å². The van der Waals surface area contributed by atoms with Crippen molar-refractivity contribution in [2.75, 3.05) is 18.4 Å². The van der Waals surface area contributed by atoms with Gasteiger partial charge in [-0.05, 0) is 66.8 Å². The van der Waals surface area contributed by atoms with Gasteiger partial charge in [0.1, 0.15) is 11.5 Å². The molecule has 32 heavy (non-hydrogen) atoms. The number of H-pyrrole nitrogens is 1. The lowest BCUT2D eigenvalue weighted by molar-refractivity contribution is 0.329. The zero-order valence-electron chi connectivity index (χ0n) is 17.8. The molecule has 2 N–H and O–H groups in total. The van der Waals surface area contributed by atoms with Gasteiger partial charge in [0.05, 0.1) is 4.90 Å². The average molecular weight is 448 g/mol. The molecular weight excluding hydrogens is 422 g/mol. The predicted octanol–water partition coefficient (Wildman–Crippen LogP) is 4.20. The fourth-order valence-electron chi connectivity index (χ4n) is 4.17. The number of aromatic nitrogens is 3. The van der Waals surface area contributed by atoms with Crippen molar-refractivity contribution in [2.24, 2.45) is 0 Å². The van der Waals surface area contributed by atoms with E-state index in [-0.39, 0.29) is 6.04 Å². The van der Waals surface area contributed by atoms with Crippen molar-refractivity contribution in [3.63, 3.8) is 0 Å². The summed E-state index contributed by atoms with van der Waals surface area (Å²) in [5.74, 6) is 0.833. The van der Waals surface area contributed by atoms with Gasteiger partial charge in [-0.3, -0.25) is 0 Å². The molecule has 5 rings (SSSR count). The van der Waals surface area contributed by atoms with Crippen LogP contribution in [-0.4, -0.2) is 46.8 Å². The van der Waals surface area contributed by atoms with E-state index in [1.165, 1.54) is 0 Å². The second-order valence-electron chi connectivity index (χ2n) is 8.17. The lowest BCUT2D eigenvalue weighted by atomic mass is 10.0. The third-order valence-corrected chi connectivity index (χ3v) is 7.89. The number of nitrogens with zero attached hydrogens (tertiary/aromatic N) is 3. The molecule has 164 valence electrons. The first-order valence-corrected chi connectivity index (χ1v) is 12.2. The fraction of sp³-hybridized carbons (Fsp3) is 0.250. The highest BCUT2D eigenvalue weighted by molar-refractivity contribution is 7.89. The Morgan fingerprint density at radius 2 is 1.78 bits per heavy atom. The monoisotopic (exact) mass is 447 g/mol. The summed E-state index contributed by atoms with van der Waals surface area (Å²) in [6.45, 7) is 2.98. The number of pyridine rings is 2. The fourth-order valence-corrected chi connectivity index (χ4v) is 5.64. The molecule has 0 spiro atoms. The number of aromatic amines is 1. The van der Waals surface area contributed by atoms with Gasteiger partial charge in [0.15, 0.2) is 0 Å². The SMILES string of the molecule is Cc1ccc(NC2CCN(S(=O)(=O)c3ccc(-c4ccnc5[nH]ccc45)cc3)CC2)nc1. The molecule has 7 nitrogen and oxygen atoms in total. The van der Waals surface area contributed by atoms with Crippen molar-refractivity contribution in [1.82, 2.24) is 19.3 Å². The number of sulfonamides is 1. The molecule has 0 saturated carbocycles. The minimum atomic E-state index is -3.52. The third kappa shape index (κ3) is 3.99. The first-order valence-electron chi connectivity index (χ1n) is 10.7. The molecule has 1 aliphatic rings. The van der Waals surface area contributed by atoms with E-state index in [4.69, 9.17) is 0 Å². The molecule has 1 saturated heterocycles. The smallest absolute Gasteiger partial charge is 0.243 e. The van der Waals surface area contributed by atoms with Crippen molar-refractivity contribution in [3.05, 3.63) is 72.7 Å². The highest BCUT2D eigenvalue weighted by Gasteiger charge is 2.29. The van der Waals surface area contributed by atoms with Gasteiger partial charge in [0.25, 0.3) is 0 Å². The number of hydrogen-bond acceptors (Lipinski definition) is 5. The molecule has 0 bridgehead atoms. The van der Waals surface area contributed by atoms with Crippen LogP contribution >= 0.6 is 0 Å². The second kappa shape index (κ2) is 8.37. The zero-order chi connectivity index (χ0) is 22.1. The molecule has 1 aromatic carbocycles. The van der Waals surface area contributed by atoms with E-state index < -0.39 is 10.0 Å². The summed E-state index contributed by atoms with van der Waals surface area (Å²) in [4.78, 5) is 12.1. The molecule has 0 amide bonds. The van der Waals surface area contributed by atoms with Crippen LogP contribution in [0.4, 0.5) is 5.82 Å². The normalized spacial score (nSPS) is 15.8. The van der Waals surface area contributed by atoms with Crippen molar-refractivity contribution < 1.29 is 8.42 Å². The van der Waals surface area contributed by atoms with E-state index in [0.29, 0.717) is 18.0 Å². The summed E-state index contributed by atoms with van der Waals surface area (Å²) in [5, 5.41) is 4.43. The van der Waals surface area contributed by atoms with E-state index in [1.807, 2.05) is 55.7 Å². The van der Waals surface area contributed by atoms with E-state index >= 15 is 0 Å². The van der Waals surface area contributed by atoms with Crippen LogP contribution in [0.3, 0.4) is 0 Å². The molecule has 8 heteroatoms. The number of aryl methyl sites for hydroxylation is 1. The Morgan fingerprint density at radius 1 is 1.00 bits per heavy atom. The van der Waals surface area contributed by atoms with Crippen LogP contribution in [0, 0.1) is 6.92 Å². The van der Waals surface area contributed by atoms with E-state index in [9.17, 15) is 8.42 Å². The van der Waals surface area contributed by atoms with Crippen LogP contribution in [0.5, 0.6) is 0 Å². The molecule has 0 radical (unpaired) electrons. The van der Waals surface area contributed by atoms with Gasteiger partial charge in [-0.15, -0.1) is 0 Å². The summed E-state index contributed by atoms with van der Waals surface area (Å²) in [6.07, 6.45) is 6.93. The maximum atomic E-state index is 13.2. The number of hydrogen-bond donors (Lipinski definition) is 2. The van der Waals surface area contributed by atoms with Crippen LogP contribution in [-0.2, 0) is 10.0 Å². The molecule has 0 atom stereocenters. The van der Waals surface area contributed by atoms with Crippen LogP contribution in [0.2, 0.25) is 0 Å². The standard InChI is InChI=1S/C24H25N5O2S/c1-17-2-7-23(27-16-17)28-19-10-14-29(15-11-19)32(30,31)20-5-3-18(4-6-20)21-8-12-25-24-22(21)9-13-26-24/h2-9,12-13,16,19H,10-11,14-15H2,1H3,(H,25,26)(H,27,28). The van der Waals surface area contributed by atoms with Gasteiger partial charge < -0.3 is 10.3 Å². The Bertz CT molecular complexity index is 1320. The molecule has 4 aromatic rings. The Morgan fingerprint density at radius 3 is 2.50 bits per heavy atom. The Kier molecular flexibility index (Phi) is 5.40. The predicted molar refractivity (Wildman–Crippen MR) is 126 cm³/mol. The number of nitrogens with one attached hydrogen (secondary N) is 2. The zero-order valence-corrected chi connectivity index (χ0v) is 18.6. The van der Waals surface area contributed by atoms with E-state index in [1.54, 1.807) is 22.6 Å². The largest absolute Gasteiger partial charge is 0.367 e. The van der Waals surface area contributed by atoms with Gasteiger partial charge in [-0.25, -0.2) is 18.4 Å². The Labute approximate surface area is 187 Å². The summed E-state index contributed by atoms with van der Waals surface area (Å²) < 4.78 is 28.0. The molecule has 0 aliphatic carbocycles. The first-order chi connectivity index (χ1) is 15.5. The average Bonchev–Trinajstić information content (AvgIpc) is 3.30. The topological polar surface area (TPSA) is 91.0 Å². The summed E-state index contributed by atoms with van der Waals surface area (Å²) in [7, 11) is -3.52. The van der Waals surface area contributed by atoms with Crippen LogP contribution < -0.4 is 5.32 Å². The minimum Gasteiger partial charge on any atom is -0.367 e. The first kappa shape index (κ1) is 20.7. The summed E-state index contributed by atoms with van der Waals surface area (Å²) >= 11 is 0. The number of benzene rings is 1. The lowest BCUT2D eigenvalue weighted by Crippen LogP contribution is -2.42. The maximum absolute atomic E-state index is 13.2. The molecule has 4 heterocycles. The quantitative estimate of drug-likeness (QED) is 0.479. The molecule has 3 aromatic heterocycles. The molecular formula is C24H25N5O2S. The second-order valence-corrected chi connectivity index (χ2v) is 10.1. The van der Waals surface area contributed by atoms with Crippen molar-refractivity contribution >= 4 is 26.9 Å². The molecule has 1 fully saturated rings. The van der Waals surface area contributed by atoms with Crippen molar-refractivity contribution in [1.29, 1.82) is 0 Å². The number of fused-ring (bicyclic) bond motifs is 1. The molecule has 1 aliphatic heterocycles. The summed E-state index contributed by atoms with van der Waals surface area (Å²) in [5.41, 5.74) is 3.92. The summed E-state index contributed by atoms with van der Waals surface area (Å²) in [6, 6.07) is 15.3. The number of anilines is 1. The number of piperidine rings is 1. The van der Waals surface area contributed by atoms with Gasteiger partial charge in [0, 0.05) is 43.1 Å². The molecule has 0 unspecified atom stereocenters. The van der Waals surface area contributed by atoms with Crippen LogP contribution in [0.1, 0.15) is 18.4 Å². The van der Waals surface area contributed by atoms with Crippen molar-refractivity contribution in [3.8, 4) is 11.1 Å². The minimum absolute atomic E-state index is 0.217. The number of rotatable bonds is 5. The highest BCUT2D eigenvalue weighted by Crippen LogP contribution is 2.29. The Hall–Kier alpha value is -3.23. The third-order valence-electron chi connectivity index (χ3n) is 5.98. The maximum Gasteiger partial charge on any atom is 0.243 e. The van der Waals surface area contributed by atoms with E-state index in [0.717, 1.165) is 46.4 Å². The van der Waals surface area contributed by atoms with Crippen LogP contribution in [0.15, 0.2) is 72.0 Å². The van der Waals surface area contributed by atoms with Gasteiger partial charge >= 0.3 is 0 Å². The van der Waals surface area contributed by atoms with Crippen molar-refractivity contribution in [2.45, 2.75) is 30.7 Å².